The molecule has 1 atom stereocenters. The number of hydrogen-bond donors (Lipinski definition) is 1. The second kappa shape index (κ2) is 7.48. The van der Waals surface area contributed by atoms with Gasteiger partial charge in [0.05, 0.1) is 6.42 Å². The van der Waals surface area contributed by atoms with Crippen molar-refractivity contribution in [2.45, 2.75) is 50.0 Å². The van der Waals surface area contributed by atoms with E-state index in [4.69, 9.17) is 0 Å². The van der Waals surface area contributed by atoms with Crippen LogP contribution in [0.3, 0.4) is 0 Å². The number of urea groups is 1. The predicted molar refractivity (Wildman–Crippen MR) is 98.5 cm³/mol. The van der Waals surface area contributed by atoms with E-state index < -0.39 is 6.04 Å². The summed E-state index contributed by atoms with van der Waals surface area (Å²) in [7, 11) is 3.01. The molecular formula is C20H27N3O3. The highest BCUT2D eigenvalue weighted by molar-refractivity contribution is 6.05. The van der Waals surface area contributed by atoms with Crippen molar-refractivity contribution in [1.82, 2.24) is 15.1 Å². The molecule has 1 aromatic rings. The van der Waals surface area contributed by atoms with Crippen molar-refractivity contribution in [1.29, 1.82) is 0 Å². The van der Waals surface area contributed by atoms with E-state index in [0.29, 0.717) is 6.54 Å². The van der Waals surface area contributed by atoms with Crippen LogP contribution in [0, 0.1) is 0 Å². The number of likely N-dealkylation sites (N-methyl/N-ethyl adjacent to an activating group) is 2. The maximum Gasteiger partial charge on any atom is 0.326 e. The maximum absolute atomic E-state index is 12.5. The smallest absolute Gasteiger partial charge is 0.326 e. The van der Waals surface area contributed by atoms with Crippen molar-refractivity contribution in [3.05, 3.63) is 35.9 Å². The van der Waals surface area contributed by atoms with E-state index in [-0.39, 0.29) is 29.7 Å². The van der Waals surface area contributed by atoms with Gasteiger partial charge in [-0.3, -0.25) is 14.5 Å². The first-order valence-corrected chi connectivity index (χ1v) is 9.31. The maximum atomic E-state index is 12.5. The Bertz CT molecular complexity index is 683. The number of nitrogens with one attached hydrogen (secondary N) is 1. The van der Waals surface area contributed by atoms with Gasteiger partial charge in [0.25, 0.3) is 5.91 Å². The molecule has 6 nitrogen and oxygen atoms in total. The Morgan fingerprint density at radius 1 is 1.12 bits per heavy atom. The quantitative estimate of drug-likeness (QED) is 0.822. The van der Waals surface area contributed by atoms with Gasteiger partial charge < -0.3 is 10.2 Å². The first-order valence-electron chi connectivity index (χ1n) is 9.31. The van der Waals surface area contributed by atoms with Crippen LogP contribution < -0.4 is 5.32 Å². The molecule has 1 aliphatic heterocycles. The highest BCUT2D eigenvalue weighted by Gasteiger charge is 2.42. The average molecular weight is 357 g/mol. The topological polar surface area (TPSA) is 69.7 Å². The van der Waals surface area contributed by atoms with Crippen LogP contribution in [0.4, 0.5) is 4.79 Å². The standard InChI is InChI=1S/C20H27N3O3/c1-22-16(18(25)23(2)19(22)26)13-17(24)21-14-20(11-7-4-8-12-20)15-9-5-3-6-10-15/h3,5-6,9-10,16H,4,7-8,11-14H2,1-2H3,(H,21,24)/t16-/m1/s1. The molecule has 26 heavy (non-hydrogen) atoms. The van der Waals surface area contributed by atoms with Crippen LogP contribution in [0.5, 0.6) is 0 Å². The number of carbonyl (C=O) groups is 3. The van der Waals surface area contributed by atoms with Crippen LogP contribution >= 0.6 is 0 Å². The second-order valence-corrected chi connectivity index (χ2v) is 7.49. The zero-order chi connectivity index (χ0) is 18.7. The van der Waals surface area contributed by atoms with Crippen molar-refractivity contribution < 1.29 is 14.4 Å². The zero-order valence-corrected chi connectivity index (χ0v) is 15.5. The summed E-state index contributed by atoms with van der Waals surface area (Å²) in [5, 5.41) is 3.04. The van der Waals surface area contributed by atoms with Crippen LogP contribution in [0.25, 0.3) is 0 Å². The molecular weight excluding hydrogens is 330 g/mol. The third kappa shape index (κ3) is 3.45. The summed E-state index contributed by atoms with van der Waals surface area (Å²) in [5.74, 6) is -0.498. The Hall–Kier alpha value is -2.37. The normalized spacial score (nSPS) is 22.6. The number of hydrogen-bond acceptors (Lipinski definition) is 3. The van der Waals surface area contributed by atoms with E-state index in [2.05, 4.69) is 17.4 Å². The molecule has 0 aromatic heterocycles. The Balaban J connectivity index is 1.65. The average Bonchev–Trinajstić information content (AvgIpc) is 2.86. The zero-order valence-electron chi connectivity index (χ0n) is 15.5. The monoisotopic (exact) mass is 357 g/mol. The van der Waals surface area contributed by atoms with Crippen molar-refractivity contribution >= 4 is 17.8 Å². The number of nitrogens with zero attached hydrogens (tertiary/aromatic N) is 2. The lowest BCUT2D eigenvalue weighted by Gasteiger charge is -2.38. The minimum Gasteiger partial charge on any atom is -0.355 e. The van der Waals surface area contributed by atoms with E-state index in [1.807, 2.05) is 18.2 Å². The highest BCUT2D eigenvalue weighted by atomic mass is 16.2. The SMILES string of the molecule is CN1C(=O)[C@@H](CC(=O)NCC2(c3ccccc3)CCCCC2)N(C)C1=O. The minimum atomic E-state index is -0.702. The van der Waals surface area contributed by atoms with E-state index in [9.17, 15) is 14.4 Å². The van der Waals surface area contributed by atoms with Gasteiger partial charge in [-0.25, -0.2) is 4.79 Å². The highest BCUT2D eigenvalue weighted by Crippen LogP contribution is 2.38. The van der Waals surface area contributed by atoms with Gasteiger partial charge in [-0.1, -0.05) is 49.6 Å². The third-order valence-electron chi connectivity index (χ3n) is 5.87. The molecule has 0 radical (unpaired) electrons. The molecule has 140 valence electrons. The molecule has 1 aliphatic carbocycles. The lowest BCUT2D eigenvalue weighted by molar-refractivity contribution is -0.131. The van der Waals surface area contributed by atoms with Crippen molar-refractivity contribution in [3.8, 4) is 0 Å². The van der Waals surface area contributed by atoms with E-state index >= 15 is 0 Å². The number of rotatable bonds is 5. The summed E-state index contributed by atoms with van der Waals surface area (Å²) in [6.45, 7) is 0.574. The first-order chi connectivity index (χ1) is 12.4. The van der Waals surface area contributed by atoms with Gasteiger partial charge >= 0.3 is 6.03 Å². The molecule has 1 saturated carbocycles. The Morgan fingerprint density at radius 2 is 1.77 bits per heavy atom. The Kier molecular flexibility index (Phi) is 5.30. The van der Waals surface area contributed by atoms with Crippen LogP contribution in [-0.2, 0) is 15.0 Å². The summed E-state index contributed by atoms with van der Waals surface area (Å²) in [6, 6.07) is 9.31. The molecule has 1 N–H and O–H groups in total. The molecule has 1 heterocycles. The number of benzene rings is 1. The van der Waals surface area contributed by atoms with Gasteiger partial charge in [-0.2, -0.15) is 0 Å². The molecule has 2 fully saturated rings. The fourth-order valence-corrected chi connectivity index (χ4v) is 4.18. The summed E-state index contributed by atoms with van der Waals surface area (Å²) < 4.78 is 0. The van der Waals surface area contributed by atoms with Crippen LogP contribution in [0.15, 0.2) is 30.3 Å². The van der Waals surface area contributed by atoms with Crippen molar-refractivity contribution in [2.75, 3.05) is 20.6 Å². The molecule has 0 unspecified atom stereocenters. The molecule has 1 saturated heterocycles. The van der Waals surface area contributed by atoms with E-state index in [0.717, 1.165) is 30.6 Å². The van der Waals surface area contributed by atoms with Gasteiger partial charge in [0, 0.05) is 26.1 Å². The number of carbonyl (C=O) groups excluding carboxylic acids is 3. The van der Waals surface area contributed by atoms with Gasteiger partial charge in [-0.05, 0) is 18.4 Å². The first kappa shape index (κ1) is 18.4. The molecule has 1 aromatic carbocycles. The van der Waals surface area contributed by atoms with Gasteiger partial charge in [-0.15, -0.1) is 0 Å². The minimum absolute atomic E-state index is 0.0102. The number of imide groups is 1. The number of amides is 4. The van der Waals surface area contributed by atoms with E-state index in [1.165, 1.54) is 23.9 Å². The van der Waals surface area contributed by atoms with Gasteiger partial charge in [0.1, 0.15) is 6.04 Å². The largest absolute Gasteiger partial charge is 0.355 e. The summed E-state index contributed by atoms with van der Waals surface area (Å²) >= 11 is 0. The Morgan fingerprint density at radius 3 is 2.35 bits per heavy atom. The fraction of sp³-hybridized carbons (Fsp3) is 0.550. The van der Waals surface area contributed by atoms with Gasteiger partial charge in [0.2, 0.25) is 5.91 Å². The van der Waals surface area contributed by atoms with Crippen molar-refractivity contribution in [2.24, 2.45) is 0 Å². The Labute approximate surface area is 154 Å². The molecule has 3 rings (SSSR count). The summed E-state index contributed by atoms with van der Waals surface area (Å²) in [5.41, 5.74) is 1.23. The lowest BCUT2D eigenvalue weighted by Crippen LogP contribution is -2.44. The van der Waals surface area contributed by atoms with Crippen LogP contribution in [0.1, 0.15) is 44.1 Å². The van der Waals surface area contributed by atoms with Crippen LogP contribution in [-0.4, -0.2) is 54.3 Å². The second-order valence-electron chi connectivity index (χ2n) is 7.49. The lowest BCUT2D eigenvalue weighted by atomic mass is 9.69. The molecule has 2 aliphatic rings. The summed E-state index contributed by atoms with van der Waals surface area (Å²) in [6.07, 6.45) is 5.68. The molecule has 0 spiro atoms. The van der Waals surface area contributed by atoms with Gasteiger partial charge in [0.15, 0.2) is 0 Å². The molecule has 0 bridgehead atoms. The summed E-state index contributed by atoms with van der Waals surface area (Å²) in [4.78, 5) is 38.9. The van der Waals surface area contributed by atoms with Crippen LogP contribution in [0.2, 0.25) is 0 Å². The molecule has 4 amide bonds. The molecule has 6 heteroatoms. The third-order valence-corrected chi connectivity index (χ3v) is 5.87. The van der Waals surface area contributed by atoms with Crippen molar-refractivity contribution in [3.63, 3.8) is 0 Å². The fourth-order valence-electron chi connectivity index (χ4n) is 4.18. The van der Waals surface area contributed by atoms with E-state index in [1.54, 1.807) is 7.05 Å². The predicted octanol–water partition coefficient (Wildman–Crippen LogP) is 2.29.